The molecule has 1 amide bonds. The highest BCUT2D eigenvalue weighted by Gasteiger charge is 2.16. The fourth-order valence-electron chi connectivity index (χ4n) is 2.45. The van der Waals surface area contributed by atoms with Gasteiger partial charge in [-0.3, -0.25) is 4.79 Å². The van der Waals surface area contributed by atoms with Crippen LogP contribution in [0, 0.1) is 26.6 Å². The van der Waals surface area contributed by atoms with Crippen molar-refractivity contribution in [2.24, 2.45) is 0 Å². The average molecular weight is 324 g/mol. The Labute approximate surface area is 139 Å². The number of para-hydroxylation sites is 1. The van der Waals surface area contributed by atoms with Gasteiger partial charge in [-0.25, -0.2) is 4.39 Å². The number of amides is 1. The molecule has 0 atom stereocenters. The molecule has 1 heterocycles. The van der Waals surface area contributed by atoms with Crippen molar-refractivity contribution in [2.45, 2.75) is 20.8 Å². The van der Waals surface area contributed by atoms with Gasteiger partial charge in [0.1, 0.15) is 5.82 Å². The highest BCUT2D eigenvalue weighted by molar-refractivity contribution is 6.04. The Morgan fingerprint density at radius 2 is 1.75 bits per heavy atom. The molecule has 0 radical (unpaired) electrons. The van der Waals surface area contributed by atoms with E-state index in [1.54, 1.807) is 19.1 Å². The van der Waals surface area contributed by atoms with Gasteiger partial charge in [-0.15, -0.1) is 0 Å². The standard InChI is InChI=1S/C19H17FN2O2/c1-11-7-8-14(9-15(11)20)17-10-16(22-24-17)19(23)21-18-12(2)5-4-6-13(18)3/h4-10H,1-3H3,(H,21,23). The Morgan fingerprint density at radius 1 is 1.04 bits per heavy atom. The molecular weight excluding hydrogens is 307 g/mol. The maximum atomic E-state index is 13.7. The predicted molar refractivity (Wildman–Crippen MR) is 90.5 cm³/mol. The number of carbonyl (C=O) groups is 1. The highest BCUT2D eigenvalue weighted by atomic mass is 19.1. The topological polar surface area (TPSA) is 55.1 Å². The van der Waals surface area contributed by atoms with Crippen molar-refractivity contribution in [2.75, 3.05) is 5.32 Å². The molecule has 2 aromatic carbocycles. The maximum Gasteiger partial charge on any atom is 0.277 e. The SMILES string of the molecule is Cc1ccc(-c2cc(C(=O)Nc3c(C)cccc3C)no2)cc1F. The van der Waals surface area contributed by atoms with Crippen LogP contribution >= 0.6 is 0 Å². The lowest BCUT2D eigenvalue weighted by molar-refractivity contribution is 0.101. The molecule has 1 N–H and O–H groups in total. The minimum absolute atomic E-state index is 0.147. The van der Waals surface area contributed by atoms with E-state index >= 15 is 0 Å². The predicted octanol–water partition coefficient (Wildman–Crippen LogP) is 4.66. The number of halogens is 1. The van der Waals surface area contributed by atoms with E-state index in [4.69, 9.17) is 4.52 Å². The molecule has 0 aliphatic heterocycles. The van der Waals surface area contributed by atoms with Crippen molar-refractivity contribution in [3.63, 3.8) is 0 Å². The zero-order valence-corrected chi connectivity index (χ0v) is 13.7. The van der Waals surface area contributed by atoms with Gasteiger partial charge < -0.3 is 9.84 Å². The quantitative estimate of drug-likeness (QED) is 0.762. The largest absolute Gasteiger partial charge is 0.355 e. The lowest BCUT2D eigenvalue weighted by Gasteiger charge is -2.09. The fourth-order valence-corrected chi connectivity index (χ4v) is 2.45. The second kappa shape index (κ2) is 6.28. The van der Waals surface area contributed by atoms with Crippen LogP contribution in [0.1, 0.15) is 27.2 Å². The van der Waals surface area contributed by atoms with Crippen molar-refractivity contribution in [1.29, 1.82) is 0 Å². The molecule has 0 aliphatic rings. The van der Waals surface area contributed by atoms with Gasteiger partial charge in [-0.05, 0) is 43.5 Å². The first kappa shape index (κ1) is 15.9. The third-order valence-corrected chi connectivity index (χ3v) is 3.92. The van der Waals surface area contributed by atoms with Gasteiger partial charge in [0.25, 0.3) is 5.91 Å². The van der Waals surface area contributed by atoms with Crippen molar-refractivity contribution in [3.8, 4) is 11.3 Å². The van der Waals surface area contributed by atoms with E-state index in [0.29, 0.717) is 16.9 Å². The monoisotopic (exact) mass is 324 g/mol. The number of benzene rings is 2. The van der Waals surface area contributed by atoms with Crippen molar-refractivity contribution in [3.05, 3.63) is 70.7 Å². The number of anilines is 1. The second-order valence-corrected chi connectivity index (χ2v) is 5.76. The summed E-state index contributed by atoms with van der Waals surface area (Å²) < 4.78 is 18.9. The van der Waals surface area contributed by atoms with Crippen LogP contribution in [0.2, 0.25) is 0 Å². The average Bonchev–Trinajstić information content (AvgIpc) is 3.03. The van der Waals surface area contributed by atoms with Crippen molar-refractivity contribution < 1.29 is 13.7 Å². The Balaban J connectivity index is 1.85. The summed E-state index contributed by atoms with van der Waals surface area (Å²) in [6.07, 6.45) is 0. The summed E-state index contributed by atoms with van der Waals surface area (Å²) >= 11 is 0. The van der Waals surface area contributed by atoms with Crippen LogP contribution in [0.15, 0.2) is 47.0 Å². The molecule has 1 aromatic heterocycles. The van der Waals surface area contributed by atoms with Gasteiger partial charge >= 0.3 is 0 Å². The number of nitrogens with one attached hydrogen (secondary N) is 1. The lowest BCUT2D eigenvalue weighted by Crippen LogP contribution is -2.14. The number of rotatable bonds is 3. The van der Waals surface area contributed by atoms with E-state index < -0.39 is 0 Å². The number of aromatic nitrogens is 1. The van der Waals surface area contributed by atoms with Gasteiger partial charge in [-0.1, -0.05) is 35.5 Å². The molecular formula is C19H17FN2O2. The normalized spacial score (nSPS) is 10.7. The highest BCUT2D eigenvalue weighted by Crippen LogP contribution is 2.24. The van der Waals surface area contributed by atoms with Gasteiger partial charge in [-0.2, -0.15) is 0 Å². The van der Waals surface area contributed by atoms with Crippen LogP contribution in [0.25, 0.3) is 11.3 Å². The number of carbonyl (C=O) groups excluding carboxylic acids is 1. The summed E-state index contributed by atoms with van der Waals surface area (Å²) in [7, 11) is 0. The van der Waals surface area contributed by atoms with Gasteiger partial charge in [0.2, 0.25) is 0 Å². The van der Waals surface area contributed by atoms with Gasteiger partial charge in [0.05, 0.1) is 0 Å². The zero-order valence-electron chi connectivity index (χ0n) is 13.7. The lowest BCUT2D eigenvalue weighted by atomic mass is 10.1. The molecule has 0 saturated carbocycles. The van der Waals surface area contributed by atoms with Crippen LogP contribution in [-0.2, 0) is 0 Å². The molecule has 122 valence electrons. The van der Waals surface area contributed by atoms with Crippen LogP contribution in [-0.4, -0.2) is 11.1 Å². The minimum Gasteiger partial charge on any atom is -0.355 e. The summed E-state index contributed by atoms with van der Waals surface area (Å²) in [6.45, 7) is 5.53. The maximum absolute atomic E-state index is 13.7. The summed E-state index contributed by atoms with van der Waals surface area (Å²) in [4.78, 5) is 12.4. The summed E-state index contributed by atoms with van der Waals surface area (Å²) in [5, 5.41) is 6.64. The number of aryl methyl sites for hydroxylation is 3. The Morgan fingerprint density at radius 3 is 2.42 bits per heavy atom. The Kier molecular flexibility index (Phi) is 4.16. The summed E-state index contributed by atoms with van der Waals surface area (Å²) in [6, 6.07) is 12.0. The van der Waals surface area contributed by atoms with E-state index in [1.807, 2.05) is 32.0 Å². The number of nitrogens with zero attached hydrogens (tertiary/aromatic N) is 1. The molecule has 3 aromatic rings. The smallest absolute Gasteiger partial charge is 0.277 e. The molecule has 0 aliphatic carbocycles. The number of hydrogen-bond donors (Lipinski definition) is 1. The molecule has 4 nitrogen and oxygen atoms in total. The first-order valence-corrected chi connectivity index (χ1v) is 7.56. The van der Waals surface area contributed by atoms with E-state index in [-0.39, 0.29) is 17.4 Å². The zero-order chi connectivity index (χ0) is 17.3. The first-order valence-electron chi connectivity index (χ1n) is 7.56. The first-order chi connectivity index (χ1) is 11.5. The van der Waals surface area contributed by atoms with E-state index in [1.165, 1.54) is 12.1 Å². The molecule has 24 heavy (non-hydrogen) atoms. The molecule has 3 rings (SSSR count). The third kappa shape index (κ3) is 3.06. The fraction of sp³-hybridized carbons (Fsp3) is 0.158. The minimum atomic E-state index is -0.366. The second-order valence-electron chi connectivity index (χ2n) is 5.76. The van der Waals surface area contributed by atoms with Gasteiger partial charge in [0, 0.05) is 17.3 Å². The molecule has 0 saturated heterocycles. The van der Waals surface area contributed by atoms with Crippen LogP contribution in [0.4, 0.5) is 10.1 Å². The van der Waals surface area contributed by atoms with Gasteiger partial charge in [0.15, 0.2) is 11.5 Å². The third-order valence-electron chi connectivity index (χ3n) is 3.92. The van der Waals surface area contributed by atoms with Crippen LogP contribution in [0.5, 0.6) is 0 Å². The van der Waals surface area contributed by atoms with E-state index in [9.17, 15) is 9.18 Å². The summed E-state index contributed by atoms with van der Waals surface area (Å²) in [5.74, 6) is -0.346. The van der Waals surface area contributed by atoms with Crippen LogP contribution in [0.3, 0.4) is 0 Å². The summed E-state index contributed by atoms with van der Waals surface area (Å²) in [5.41, 5.74) is 3.92. The molecule has 0 spiro atoms. The molecule has 0 unspecified atom stereocenters. The molecule has 0 bridgehead atoms. The van der Waals surface area contributed by atoms with E-state index in [2.05, 4.69) is 10.5 Å². The van der Waals surface area contributed by atoms with E-state index in [0.717, 1.165) is 16.8 Å². The molecule has 5 heteroatoms. The van der Waals surface area contributed by atoms with Crippen molar-refractivity contribution in [1.82, 2.24) is 5.16 Å². The molecule has 0 fully saturated rings. The van der Waals surface area contributed by atoms with Crippen molar-refractivity contribution >= 4 is 11.6 Å². The Bertz CT molecular complexity index is 895. The van der Waals surface area contributed by atoms with Crippen LogP contribution < -0.4 is 5.32 Å². The number of hydrogen-bond acceptors (Lipinski definition) is 3. The Hall–Kier alpha value is -2.95.